The van der Waals surface area contributed by atoms with E-state index in [0.717, 1.165) is 0 Å². The molecule has 2 amide bonds. The minimum Gasteiger partial charge on any atom is -0.324 e. The van der Waals surface area contributed by atoms with E-state index >= 15 is 0 Å². The topological polar surface area (TPSA) is 49.4 Å². The molecule has 1 N–H and O–H groups in total. The Bertz CT molecular complexity index is 843. The summed E-state index contributed by atoms with van der Waals surface area (Å²) in [7, 11) is 0. The molecule has 8 heteroatoms. The van der Waals surface area contributed by atoms with Crippen LogP contribution in [0.25, 0.3) is 0 Å². The highest BCUT2D eigenvalue weighted by Gasteiger charge is 2.35. The van der Waals surface area contributed by atoms with Gasteiger partial charge in [-0.05, 0) is 36.4 Å². The molecule has 25 heavy (non-hydrogen) atoms. The van der Waals surface area contributed by atoms with E-state index in [4.69, 9.17) is 34.8 Å². The van der Waals surface area contributed by atoms with Crippen LogP contribution in [-0.2, 0) is 9.59 Å². The standard InChI is InChI=1S/C17H12Cl3FN2O2/c18-12-6-14(20)15(7-13(12)19)22-17(25)9-5-16(24)23(8-9)11-3-1-10(21)2-4-11/h1-4,6-7,9H,5,8H2,(H,22,25)/t9-/m0/s1. The van der Waals surface area contributed by atoms with Crippen LogP contribution < -0.4 is 10.2 Å². The number of carbonyl (C=O) groups excluding carboxylic acids is 2. The van der Waals surface area contributed by atoms with Crippen LogP contribution in [0.5, 0.6) is 0 Å². The maximum absolute atomic E-state index is 13.0. The lowest BCUT2D eigenvalue weighted by Gasteiger charge is -2.17. The highest BCUT2D eigenvalue weighted by Crippen LogP contribution is 2.33. The molecule has 1 aliphatic rings. The van der Waals surface area contributed by atoms with Gasteiger partial charge in [-0.15, -0.1) is 0 Å². The Hall–Kier alpha value is -1.82. The first-order valence-corrected chi connectivity index (χ1v) is 8.50. The SMILES string of the molecule is O=C(Nc1cc(Cl)c(Cl)cc1Cl)[C@H]1CC(=O)N(c2ccc(F)cc2)C1. The summed E-state index contributed by atoms with van der Waals surface area (Å²) in [4.78, 5) is 26.1. The lowest BCUT2D eigenvalue weighted by Crippen LogP contribution is -2.28. The van der Waals surface area contributed by atoms with Gasteiger partial charge in [0.05, 0.1) is 26.7 Å². The molecule has 0 bridgehead atoms. The first-order chi connectivity index (χ1) is 11.8. The van der Waals surface area contributed by atoms with E-state index in [1.54, 1.807) is 0 Å². The molecule has 0 spiro atoms. The van der Waals surface area contributed by atoms with Gasteiger partial charge in [-0.1, -0.05) is 34.8 Å². The first-order valence-electron chi connectivity index (χ1n) is 7.36. The van der Waals surface area contributed by atoms with E-state index in [1.165, 1.54) is 41.3 Å². The Morgan fingerprint density at radius 3 is 2.40 bits per heavy atom. The average Bonchev–Trinajstić information content (AvgIpc) is 2.95. The van der Waals surface area contributed by atoms with E-state index in [1.807, 2.05) is 0 Å². The fourth-order valence-corrected chi connectivity index (χ4v) is 3.20. The second-order valence-corrected chi connectivity index (χ2v) is 6.84. The van der Waals surface area contributed by atoms with Crippen molar-refractivity contribution in [2.45, 2.75) is 6.42 Å². The number of nitrogens with one attached hydrogen (secondary N) is 1. The number of hydrogen-bond acceptors (Lipinski definition) is 2. The quantitative estimate of drug-likeness (QED) is 0.753. The third-order valence-corrected chi connectivity index (χ3v) is 4.94. The van der Waals surface area contributed by atoms with Crippen molar-refractivity contribution in [2.75, 3.05) is 16.8 Å². The number of hydrogen-bond donors (Lipinski definition) is 1. The van der Waals surface area contributed by atoms with Crippen LogP contribution in [0, 0.1) is 11.7 Å². The predicted molar refractivity (Wildman–Crippen MR) is 97.0 cm³/mol. The number of amides is 2. The zero-order valence-electron chi connectivity index (χ0n) is 12.7. The Morgan fingerprint density at radius 1 is 1.08 bits per heavy atom. The van der Waals surface area contributed by atoms with Gasteiger partial charge in [-0.2, -0.15) is 0 Å². The van der Waals surface area contributed by atoms with Gasteiger partial charge in [0.2, 0.25) is 11.8 Å². The Morgan fingerprint density at radius 2 is 1.72 bits per heavy atom. The summed E-state index contributed by atoms with van der Waals surface area (Å²) < 4.78 is 13.0. The third-order valence-electron chi connectivity index (χ3n) is 3.90. The highest BCUT2D eigenvalue weighted by molar-refractivity contribution is 6.44. The van der Waals surface area contributed by atoms with Crippen molar-refractivity contribution in [1.29, 1.82) is 0 Å². The molecule has 0 unspecified atom stereocenters. The van der Waals surface area contributed by atoms with E-state index < -0.39 is 5.92 Å². The Balaban J connectivity index is 1.73. The zero-order chi connectivity index (χ0) is 18.1. The van der Waals surface area contributed by atoms with E-state index in [-0.39, 0.29) is 45.7 Å². The van der Waals surface area contributed by atoms with Gasteiger partial charge < -0.3 is 10.2 Å². The van der Waals surface area contributed by atoms with E-state index in [2.05, 4.69) is 5.32 Å². The largest absolute Gasteiger partial charge is 0.324 e. The maximum Gasteiger partial charge on any atom is 0.229 e. The molecule has 0 aliphatic carbocycles. The van der Waals surface area contributed by atoms with Crippen LogP contribution in [-0.4, -0.2) is 18.4 Å². The summed E-state index contributed by atoms with van der Waals surface area (Å²) in [6, 6.07) is 8.44. The zero-order valence-corrected chi connectivity index (χ0v) is 15.0. The monoisotopic (exact) mass is 400 g/mol. The van der Waals surface area contributed by atoms with Crippen molar-refractivity contribution in [3.8, 4) is 0 Å². The molecule has 0 aromatic heterocycles. The molecular weight excluding hydrogens is 390 g/mol. The molecule has 4 nitrogen and oxygen atoms in total. The molecule has 1 saturated heterocycles. The van der Waals surface area contributed by atoms with Crippen molar-refractivity contribution in [3.05, 3.63) is 57.3 Å². The van der Waals surface area contributed by atoms with Crippen molar-refractivity contribution in [2.24, 2.45) is 5.92 Å². The summed E-state index contributed by atoms with van der Waals surface area (Å²) in [5, 5.41) is 3.46. The molecule has 2 aromatic rings. The second-order valence-electron chi connectivity index (χ2n) is 5.62. The second kappa shape index (κ2) is 7.20. The first kappa shape index (κ1) is 18.0. The summed E-state index contributed by atoms with van der Waals surface area (Å²) in [5.74, 6) is -1.49. The molecule has 2 aromatic carbocycles. The predicted octanol–water partition coefficient (Wildman–Crippen LogP) is 4.78. The third kappa shape index (κ3) is 3.89. The average molecular weight is 402 g/mol. The van der Waals surface area contributed by atoms with Crippen molar-refractivity contribution >= 4 is 58.0 Å². The molecule has 1 heterocycles. The summed E-state index contributed by atoms with van der Waals surface area (Å²) in [6.45, 7) is 0.204. The van der Waals surface area contributed by atoms with Crippen LogP contribution in [0.15, 0.2) is 36.4 Å². The summed E-state index contributed by atoms with van der Waals surface area (Å²) in [5.41, 5.74) is 0.878. The van der Waals surface area contributed by atoms with E-state index in [0.29, 0.717) is 11.4 Å². The van der Waals surface area contributed by atoms with Gasteiger partial charge >= 0.3 is 0 Å². The molecule has 1 aliphatic heterocycles. The minimum absolute atomic E-state index is 0.0577. The molecule has 130 valence electrons. The number of benzene rings is 2. The summed E-state index contributed by atoms with van der Waals surface area (Å²) in [6.07, 6.45) is 0.0577. The highest BCUT2D eigenvalue weighted by atomic mass is 35.5. The van der Waals surface area contributed by atoms with Crippen molar-refractivity contribution in [3.63, 3.8) is 0 Å². The lowest BCUT2D eigenvalue weighted by atomic mass is 10.1. The molecule has 0 radical (unpaired) electrons. The van der Waals surface area contributed by atoms with Crippen molar-refractivity contribution in [1.82, 2.24) is 0 Å². The van der Waals surface area contributed by atoms with Gasteiger partial charge in [0.15, 0.2) is 0 Å². The van der Waals surface area contributed by atoms with Crippen LogP contribution >= 0.6 is 34.8 Å². The number of nitrogens with zero attached hydrogens (tertiary/aromatic N) is 1. The number of carbonyl (C=O) groups is 2. The van der Waals surface area contributed by atoms with Crippen LogP contribution in [0.3, 0.4) is 0 Å². The van der Waals surface area contributed by atoms with Gasteiger partial charge in [0, 0.05) is 18.7 Å². The molecule has 1 fully saturated rings. The number of anilines is 2. The lowest BCUT2D eigenvalue weighted by molar-refractivity contribution is -0.122. The normalized spacial score (nSPS) is 17.0. The fourth-order valence-electron chi connectivity index (χ4n) is 2.61. The molecular formula is C17H12Cl3FN2O2. The van der Waals surface area contributed by atoms with Crippen LogP contribution in [0.1, 0.15) is 6.42 Å². The van der Waals surface area contributed by atoms with E-state index in [9.17, 15) is 14.0 Å². The fraction of sp³-hybridized carbons (Fsp3) is 0.176. The smallest absolute Gasteiger partial charge is 0.229 e. The minimum atomic E-state index is -0.553. The number of halogens is 4. The van der Waals surface area contributed by atoms with Crippen molar-refractivity contribution < 1.29 is 14.0 Å². The molecule has 3 rings (SSSR count). The molecule has 1 atom stereocenters. The van der Waals surface area contributed by atoms with Crippen LogP contribution in [0.2, 0.25) is 15.1 Å². The Labute approximate surface area is 158 Å². The van der Waals surface area contributed by atoms with Gasteiger partial charge in [-0.3, -0.25) is 9.59 Å². The van der Waals surface area contributed by atoms with Gasteiger partial charge in [0.25, 0.3) is 0 Å². The molecule has 0 saturated carbocycles. The van der Waals surface area contributed by atoms with Crippen LogP contribution in [0.4, 0.5) is 15.8 Å². The van der Waals surface area contributed by atoms with Gasteiger partial charge in [0.1, 0.15) is 5.82 Å². The maximum atomic E-state index is 13.0. The van der Waals surface area contributed by atoms with Gasteiger partial charge in [-0.25, -0.2) is 4.39 Å². The summed E-state index contributed by atoms with van der Waals surface area (Å²) >= 11 is 17.8. The number of rotatable bonds is 3. The Kier molecular flexibility index (Phi) is 5.18.